The maximum atomic E-state index is 13.4. The van der Waals surface area contributed by atoms with Crippen LogP contribution in [-0.2, 0) is 25.2 Å². The van der Waals surface area contributed by atoms with E-state index in [0.29, 0.717) is 36.8 Å². The first-order valence-corrected chi connectivity index (χ1v) is 13.9. The fraction of sp³-hybridized carbons (Fsp3) is 0.500. The van der Waals surface area contributed by atoms with Crippen molar-refractivity contribution in [3.05, 3.63) is 65.6 Å². The average Bonchev–Trinajstić information content (AvgIpc) is 3.64. The molecule has 2 aromatic rings. The number of pyridine rings is 1. The third kappa shape index (κ3) is 5.70. The van der Waals surface area contributed by atoms with Crippen LogP contribution in [-0.4, -0.2) is 43.2 Å². The highest BCUT2D eigenvalue weighted by molar-refractivity contribution is 7.89. The molecule has 0 radical (unpaired) electrons. The second-order valence-corrected chi connectivity index (χ2v) is 12.0. The van der Waals surface area contributed by atoms with Gasteiger partial charge in [0.05, 0.1) is 10.4 Å². The lowest BCUT2D eigenvalue weighted by Crippen LogP contribution is -2.57. The number of nitrogens with one attached hydrogen (secondary N) is 2. The van der Waals surface area contributed by atoms with Gasteiger partial charge in [0.1, 0.15) is 12.1 Å². The number of hydrogen-bond acceptors (Lipinski definition) is 5. The molecule has 2 aliphatic rings. The van der Waals surface area contributed by atoms with E-state index in [-0.39, 0.29) is 23.3 Å². The van der Waals surface area contributed by atoms with E-state index in [9.17, 15) is 23.2 Å². The van der Waals surface area contributed by atoms with Crippen LogP contribution in [0.3, 0.4) is 0 Å². The van der Waals surface area contributed by atoms with Crippen LogP contribution >= 0.6 is 0 Å². The monoisotopic (exact) mass is 514 g/mol. The van der Waals surface area contributed by atoms with Gasteiger partial charge in [-0.15, -0.1) is 0 Å². The Kier molecular flexibility index (Phi) is 7.65. The Labute approximate surface area is 212 Å². The summed E-state index contributed by atoms with van der Waals surface area (Å²) < 4.78 is 28.6. The second kappa shape index (κ2) is 10.6. The topological polar surface area (TPSA) is 123 Å². The maximum absolute atomic E-state index is 13.4. The van der Waals surface area contributed by atoms with Gasteiger partial charge in [-0.2, -0.15) is 9.04 Å². The van der Waals surface area contributed by atoms with E-state index in [4.69, 9.17) is 0 Å². The Morgan fingerprint density at radius 1 is 1.14 bits per heavy atom. The summed E-state index contributed by atoms with van der Waals surface area (Å²) in [4.78, 5) is 27.0. The summed E-state index contributed by atoms with van der Waals surface area (Å²) in [6, 6.07) is 9.87. The van der Waals surface area contributed by atoms with Gasteiger partial charge in [0.15, 0.2) is 12.4 Å². The minimum absolute atomic E-state index is 0.118. The predicted molar refractivity (Wildman–Crippen MR) is 134 cm³/mol. The molecule has 1 aliphatic carbocycles. The van der Waals surface area contributed by atoms with Crippen molar-refractivity contribution in [3.8, 4) is 0 Å². The van der Waals surface area contributed by atoms with Crippen LogP contribution in [0.25, 0.3) is 0 Å². The van der Waals surface area contributed by atoms with Crippen molar-refractivity contribution in [3.63, 3.8) is 0 Å². The molecular weight excluding hydrogens is 480 g/mol. The largest absolute Gasteiger partial charge is 0.619 e. The molecule has 0 spiro atoms. The smallest absolute Gasteiger partial charge is 0.243 e. The number of hydrogen-bond donors (Lipinski definition) is 2. The van der Waals surface area contributed by atoms with Gasteiger partial charge in [-0.3, -0.25) is 9.59 Å². The van der Waals surface area contributed by atoms with E-state index in [1.54, 1.807) is 24.3 Å². The Morgan fingerprint density at radius 2 is 1.86 bits per heavy atom. The van der Waals surface area contributed by atoms with E-state index in [2.05, 4.69) is 10.6 Å². The fourth-order valence-electron chi connectivity index (χ4n) is 4.82. The molecule has 0 bridgehead atoms. The molecule has 1 saturated carbocycles. The number of aromatic nitrogens is 1. The minimum Gasteiger partial charge on any atom is -0.619 e. The zero-order chi connectivity index (χ0) is 25.9. The van der Waals surface area contributed by atoms with Crippen LogP contribution in [0, 0.1) is 11.1 Å². The molecule has 194 valence electrons. The third-order valence-electron chi connectivity index (χ3n) is 6.89. The Morgan fingerprint density at radius 3 is 2.50 bits per heavy atom. The van der Waals surface area contributed by atoms with Gasteiger partial charge in [-0.05, 0) is 56.2 Å². The molecule has 1 aromatic carbocycles. The van der Waals surface area contributed by atoms with E-state index in [1.165, 1.54) is 28.8 Å². The summed E-state index contributed by atoms with van der Waals surface area (Å²) in [5.74, 6) is -0.673. The van der Waals surface area contributed by atoms with Gasteiger partial charge in [0.2, 0.25) is 21.8 Å². The molecule has 1 saturated heterocycles. The number of carbonyl (C=O) groups is 2. The van der Waals surface area contributed by atoms with E-state index < -0.39 is 33.6 Å². The predicted octanol–water partition coefficient (Wildman–Crippen LogP) is 2.20. The molecule has 2 atom stereocenters. The highest BCUT2D eigenvalue weighted by atomic mass is 32.2. The molecule has 2 N–H and O–H groups in total. The second-order valence-electron chi connectivity index (χ2n) is 10.2. The molecule has 1 aromatic heterocycles. The van der Waals surface area contributed by atoms with Gasteiger partial charge in [0.25, 0.3) is 0 Å². The van der Waals surface area contributed by atoms with Crippen molar-refractivity contribution in [1.82, 2.24) is 14.9 Å². The molecule has 1 aliphatic heterocycles. The lowest BCUT2D eigenvalue weighted by molar-refractivity contribution is -0.606. The summed E-state index contributed by atoms with van der Waals surface area (Å²) >= 11 is 0. The molecule has 4 rings (SSSR count). The standard InChI is InChI=1S/C26H34N4O5S/c1-19(2)17-22(24(31)28-26(13-14-26)20-9-8-15-29(33)18-20)27-25(32)23-12-6-7-16-30(23)36(34,35)21-10-4-3-5-11-21/h3-5,8-11,15,18-19,22-23H,6-7,12-14,16-17H2,1-2H3,(H,27,32)(H,28,31)/t22?,23-/m1/s1. The normalized spacial score (nSPS) is 20.5. The number of benzene rings is 1. The summed E-state index contributed by atoms with van der Waals surface area (Å²) in [5, 5.41) is 17.7. The van der Waals surface area contributed by atoms with E-state index in [1.807, 2.05) is 19.9 Å². The van der Waals surface area contributed by atoms with Crippen molar-refractivity contribution < 1.29 is 22.7 Å². The first kappa shape index (κ1) is 26.1. The third-order valence-corrected chi connectivity index (χ3v) is 8.81. The lowest BCUT2D eigenvalue weighted by atomic mass is 9.99. The average molecular weight is 515 g/mol. The number of piperidine rings is 1. The minimum atomic E-state index is -3.85. The summed E-state index contributed by atoms with van der Waals surface area (Å²) in [5.41, 5.74) is 0.119. The van der Waals surface area contributed by atoms with Crippen molar-refractivity contribution in [1.29, 1.82) is 0 Å². The molecule has 9 nitrogen and oxygen atoms in total. The first-order valence-electron chi connectivity index (χ1n) is 12.5. The van der Waals surface area contributed by atoms with Crippen LogP contribution < -0.4 is 15.4 Å². The molecule has 2 amide bonds. The summed E-state index contributed by atoms with van der Waals surface area (Å²) in [6.45, 7) is 4.18. The Bertz CT molecular complexity index is 1200. The summed E-state index contributed by atoms with van der Waals surface area (Å²) in [7, 11) is -3.85. The van der Waals surface area contributed by atoms with Crippen LogP contribution in [0.5, 0.6) is 0 Å². The molecule has 2 fully saturated rings. The molecule has 10 heteroatoms. The van der Waals surface area contributed by atoms with Crippen molar-refractivity contribution in [2.45, 2.75) is 74.9 Å². The zero-order valence-electron chi connectivity index (χ0n) is 20.7. The van der Waals surface area contributed by atoms with Gasteiger partial charge >= 0.3 is 0 Å². The Hall–Kier alpha value is -2.98. The number of rotatable bonds is 9. The van der Waals surface area contributed by atoms with Gasteiger partial charge in [0, 0.05) is 18.2 Å². The SMILES string of the molecule is CC(C)CC(NC(=O)[C@H]1CCCCN1S(=O)(=O)c1ccccc1)C(=O)NC1(c2ccc[n+]([O-])c2)CC1. The van der Waals surface area contributed by atoms with Crippen LogP contribution in [0.2, 0.25) is 0 Å². The highest BCUT2D eigenvalue weighted by Crippen LogP contribution is 2.45. The summed E-state index contributed by atoms with van der Waals surface area (Å²) in [6.07, 6.45) is 6.46. The van der Waals surface area contributed by atoms with Crippen molar-refractivity contribution >= 4 is 21.8 Å². The van der Waals surface area contributed by atoms with Crippen LogP contribution in [0.4, 0.5) is 0 Å². The zero-order valence-corrected chi connectivity index (χ0v) is 21.5. The fourth-order valence-corrected chi connectivity index (χ4v) is 6.50. The number of carbonyl (C=O) groups excluding carboxylic acids is 2. The first-order chi connectivity index (χ1) is 17.1. The highest BCUT2D eigenvalue weighted by Gasteiger charge is 2.48. The number of sulfonamides is 1. The van der Waals surface area contributed by atoms with Gasteiger partial charge < -0.3 is 15.8 Å². The van der Waals surface area contributed by atoms with E-state index in [0.717, 1.165) is 12.0 Å². The lowest BCUT2D eigenvalue weighted by Gasteiger charge is -2.35. The molecular formula is C26H34N4O5S. The molecule has 36 heavy (non-hydrogen) atoms. The maximum Gasteiger partial charge on any atom is 0.243 e. The molecule has 2 heterocycles. The molecule has 1 unspecified atom stereocenters. The van der Waals surface area contributed by atoms with Gasteiger partial charge in [-0.1, -0.05) is 38.5 Å². The quantitative estimate of drug-likeness (QED) is 0.392. The van der Waals surface area contributed by atoms with Crippen molar-refractivity contribution in [2.75, 3.05) is 6.54 Å². The van der Waals surface area contributed by atoms with Crippen molar-refractivity contribution in [2.24, 2.45) is 5.92 Å². The Balaban J connectivity index is 1.51. The van der Waals surface area contributed by atoms with Crippen LogP contribution in [0.15, 0.2) is 59.8 Å². The number of nitrogens with zero attached hydrogens (tertiary/aromatic N) is 2. The van der Waals surface area contributed by atoms with Crippen LogP contribution in [0.1, 0.15) is 57.9 Å². The number of amides is 2. The van der Waals surface area contributed by atoms with Gasteiger partial charge in [-0.25, -0.2) is 8.42 Å². The van der Waals surface area contributed by atoms with E-state index >= 15 is 0 Å².